The Bertz CT molecular complexity index is 372. The van der Waals surface area contributed by atoms with E-state index in [0.29, 0.717) is 0 Å². The second-order valence-electron chi connectivity index (χ2n) is 4.50. The highest BCUT2D eigenvalue weighted by Crippen LogP contribution is 2.30. The molecule has 0 saturated carbocycles. The molecule has 0 amide bonds. The van der Waals surface area contributed by atoms with E-state index in [2.05, 4.69) is 32.5 Å². The van der Waals surface area contributed by atoms with Crippen LogP contribution in [0.3, 0.4) is 0 Å². The molecule has 2 aliphatic rings. The van der Waals surface area contributed by atoms with Crippen molar-refractivity contribution in [3.05, 3.63) is 12.4 Å². The quantitative estimate of drug-likeness (QED) is 0.609. The summed E-state index contributed by atoms with van der Waals surface area (Å²) in [6.45, 7) is 4.62. The summed E-state index contributed by atoms with van der Waals surface area (Å²) < 4.78 is 0. The summed E-state index contributed by atoms with van der Waals surface area (Å²) in [6, 6.07) is 2.10. The first kappa shape index (κ1) is 10.4. The molecule has 5 heteroatoms. The standard InChI is InChI=1S/C11H16N4S/c1-16-11-2-10(13-7-14-11)15-5-8-3-12-4-9(8)6-15/h2,7-9,12H,3-6H2,1H3/t8-,9+. The first-order valence-electron chi connectivity index (χ1n) is 5.68. The first-order valence-corrected chi connectivity index (χ1v) is 6.91. The van der Waals surface area contributed by atoms with Gasteiger partial charge in [0.15, 0.2) is 0 Å². The lowest BCUT2D eigenvalue weighted by atomic mass is 10.0. The van der Waals surface area contributed by atoms with Crippen molar-refractivity contribution in [3.8, 4) is 0 Å². The van der Waals surface area contributed by atoms with E-state index in [4.69, 9.17) is 0 Å². The number of fused-ring (bicyclic) bond motifs is 1. The van der Waals surface area contributed by atoms with Crippen molar-refractivity contribution in [3.63, 3.8) is 0 Å². The number of anilines is 1. The van der Waals surface area contributed by atoms with E-state index in [1.807, 2.05) is 0 Å². The number of nitrogens with zero attached hydrogens (tertiary/aromatic N) is 3. The summed E-state index contributed by atoms with van der Waals surface area (Å²) in [6.07, 6.45) is 3.72. The van der Waals surface area contributed by atoms with Crippen LogP contribution in [0.15, 0.2) is 17.4 Å². The van der Waals surface area contributed by atoms with E-state index in [-0.39, 0.29) is 0 Å². The lowest BCUT2D eigenvalue weighted by Crippen LogP contribution is -2.26. The third-order valence-corrected chi connectivity index (χ3v) is 4.19. The van der Waals surface area contributed by atoms with Crippen molar-refractivity contribution < 1.29 is 0 Å². The van der Waals surface area contributed by atoms with Crippen LogP contribution < -0.4 is 10.2 Å². The monoisotopic (exact) mass is 236 g/mol. The Hall–Kier alpha value is -0.810. The zero-order valence-corrected chi connectivity index (χ0v) is 10.2. The van der Waals surface area contributed by atoms with Crippen molar-refractivity contribution in [2.24, 2.45) is 11.8 Å². The van der Waals surface area contributed by atoms with Crippen molar-refractivity contribution in [2.45, 2.75) is 5.03 Å². The molecule has 1 N–H and O–H groups in total. The molecule has 0 radical (unpaired) electrons. The van der Waals surface area contributed by atoms with E-state index in [9.17, 15) is 0 Å². The van der Waals surface area contributed by atoms with Gasteiger partial charge in [-0.25, -0.2) is 9.97 Å². The van der Waals surface area contributed by atoms with Gasteiger partial charge in [0, 0.05) is 32.2 Å². The minimum atomic E-state index is 0.813. The molecule has 3 rings (SSSR count). The highest BCUT2D eigenvalue weighted by Gasteiger charge is 2.36. The average Bonchev–Trinajstić information content (AvgIpc) is 2.89. The Kier molecular flexibility index (Phi) is 2.73. The maximum Gasteiger partial charge on any atom is 0.133 e. The molecular formula is C11H16N4S. The first-order chi connectivity index (χ1) is 7.86. The molecule has 2 aliphatic heterocycles. The average molecular weight is 236 g/mol. The molecule has 3 heterocycles. The van der Waals surface area contributed by atoms with E-state index >= 15 is 0 Å². The third kappa shape index (κ3) is 1.78. The highest BCUT2D eigenvalue weighted by atomic mass is 32.2. The summed E-state index contributed by atoms with van der Waals surface area (Å²) in [7, 11) is 0. The van der Waals surface area contributed by atoms with Gasteiger partial charge in [-0.2, -0.15) is 0 Å². The SMILES string of the molecule is CSc1cc(N2C[C@H]3CNC[C@H]3C2)ncn1. The molecule has 2 atom stereocenters. The van der Waals surface area contributed by atoms with Crippen molar-refractivity contribution >= 4 is 17.6 Å². The summed E-state index contributed by atoms with van der Waals surface area (Å²) in [5, 5.41) is 4.51. The molecule has 1 aromatic heterocycles. The van der Waals surface area contributed by atoms with Crippen LogP contribution >= 0.6 is 11.8 Å². The van der Waals surface area contributed by atoms with Crippen LogP contribution in [0.2, 0.25) is 0 Å². The number of hydrogen-bond donors (Lipinski definition) is 1. The van der Waals surface area contributed by atoms with Crippen LogP contribution in [-0.4, -0.2) is 42.4 Å². The van der Waals surface area contributed by atoms with Crippen LogP contribution in [-0.2, 0) is 0 Å². The van der Waals surface area contributed by atoms with Crippen LogP contribution in [0.5, 0.6) is 0 Å². The van der Waals surface area contributed by atoms with Gasteiger partial charge in [0.1, 0.15) is 17.2 Å². The maximum atomic E-state index is 4.38. The topological polar surface area (TPSA) is 41.0 Å². The second-order valence-corrected chi connectivity index (χ2v) is 5.33. The van der Waals surface area contributed by atoms with Crippen LogP contribution in [0.25, 0.3) is 0 Å². The minimum Gasteiger partial charge on any atom is -0.356 e. The van der Waals surface area contributed by atoms with Gasteiger partial charge in [-0.3, -0.25) is 0 Å². The zero-order chi connectivity index (χ0) is 11.0. The van der Waals surface area contributed by atoms with Crippen LogP contribution in [0.4, 0.5) is 5.82 Å². The predicted octanol–water partition coefficient (Wildman–Crippen LogP) is 0.854. The van der Waals surface area contributed by atoms with Gasteiger partial charge in [0.2, 0.25) is 0 Å². The van der Waals surface area contributed by atoms with Gasteiger partial charge in [-0.1, -0.05) is 0 Å². The predicted molar refractivity (Wildman–Crippen MR) is 65.9 cm³/mol. The van der Waals surface area contributed by atoms with Gasteiger partial charge in [-0.05, 0) is 18.1 Å². The molecule has 2 saturated heterocycles. The van der Waals surface area contributed by atoms with Gasteiger partial charge >= 0.3 is 0 Å². The largest absolute Gasteiger partial charge is 0.356 e. The molecule has 0 spiro atoms. The van der Waals surface area contributed by atoms with Gasteiger partial charge in [-0.15, -0.1) is 11.8 Å². The molecule has 0 aliphatic carbocycles. The Morgan fingerprint density at radius 2 is 2.06 bits per heavy atom. The second kappa shape index (κ2) is 4.22. The smallest absolute Gasteiger partial charge is 0.133 e. The van der Waals surface area contributed by atoms with E-state index in [1.54, 1.807) is 18.1 Å². The molecule has 0 aromatic carbocycles. The molecule has 86 valence electrons. The number of rotatable bonds is 2. The number of thioether (sulfide) groups is 1. The fourth-order valence-corrected chi connectivity index (χ4v) is 3.03. The van der Waals surface area contributed by atoms with E-state index in [1.165, 1.54) is 13.1 Å². The fourth-order valence-electron chi connectivity index (χ4n) is 2.66. The Morgan fingerprint density at radius 1 is 1.31 bits per heavy atom. The number of nitrogens with one attached hydrogen (secondary N) is 1. The van der Waals surface area contributed by atoms with E-state index in [0.717, 1.165) is 35.8 Å². The minimum absolute atomic E-state index is 0.813. The summed E-state index contributed by atoms with van der Waals surface area (Å²) in [5.74, 6) is 2.72. The van der Waals surface area contributed by atoms with Gasteiger partial charge in [0.05, 0.1) is 0 Å². The number of aromatic nitrogens is 2. The zero-order valence-electron chi connectivity index (χ0n) is 9.39. The lowest BCUT2D eigenvalue weighted by molar-refractivity contribution is 0.533. The van der Waals surface area contributed by atoms with E-state index < -0.39 is 0 Å². The Morgan fingerprint density at radius 3 is 2.75 bits per heavy atom. The maximum absolute atomic E-state index is 4.38. The summed E-state index contributed by atoms with van der Waals surface area (Å²) in [5.41, 5.74) is 0. The Balaban J connectivity index is 1.78. The molecule has 16 heavy (non-hydrogen) atoms. The molecule has 4 nitrogen and oxygen atoms in total. The fraction of sp³-hybridized carbons (Fsp3) is 0.636. The van der Waals surface area contributed by atoms with Crippen molar-refractivity contribution in [1.29, 1.82) is 0 Å². The summed E-state index contributed by atoms with van der Waals surface area (Å²) in [4.78, 5) is 11.0. The third-order valence-electron chi connectivity index (χ3n) is 3.55. The molecule has 0 unspecified atom stereocenters. The molecule has 1 aromatic rings. The van der Waals surface area contributed by atoms with Gasteiger partial charge in [0.25, 0.3) is 0 Å². The summed E-state index contributed by atoms with van der Waals surface area (Å²) >= 11 is 1.67. The normalized spacial score (nSPS) is 28.4. The molecular weight excluding hydrogens is 220 g/mol. The lowest BCUT2D eigenvalue weighted by Gasteiger charge is -2.18. The van der Waals surface area contributed by atoms with Gasteiger partial charge < -0.3 is 10.2 Å². The molecule has 0 bridgehead atoms. The molecule has 2 fully saturated rings. The highest BCUT2D eigenvalue weighted by molar-refractivity contribution is 7.98. The van der Waals surface area contributed by atoms with Crippen molar-refractivity contribution in [2.75, 3.05) is 37.3 Å². The van der Waals surface area contributed by atoms with Crippen molar-refractivity contribution in [1.82, 2.24) is 15.3 Å². The van der Waals surface area contributed by atoms with Crippen LogP contribution in [0.1, 0.15) is 0 Å². The van der Waals surface area contributed by atoms with Crippen LogP contribution in [0, 0.1) is 11.8 Å². The number of hydrogen-bond acceptors (Lipinski definition) is 5. The Labute approximate surface area is 99.8 Å².